The van der Waals surface area contributed by atoms with E-state index in [1.165, 1.54) is 7.11 Å². The Kier molecular flexibility index (Phi) is 4.04. The molecule has 0 heterocycles. The monoisotopic (exact) mass is 279 g/mol. The number of nitrogens with two attached hydrogens (primary N) is 1. The molecule has 0 aromatic heterocycles. The fraction of sp³-hybridized carbons (Fsp3) is 0.400. The van der Waals surface area contributed by atoms with Crippen LogP contribution >= 0.6 is 15.9 Å². The van der Waals surface area contributed by atoms with Crippen molar-refractivity contribution in [3.05, 3.63) is 27.7 Å². The summed E-state index contributed by atoms with van der Waals surface area (Å²) >= 11 is 2.84. The van der Waals surface area contributed by atoms with Crippen molar-refractivity contribution in [1.82, 2.24) is 0 Å². The van der Waals surface area contributed by atoms with Gasteiger partial charge in [0.2, 0.25) is 0 Å². The number of ether oxygens (including phenoxy) is 1. The van der Waals surface area contributed by atoms with Crippen molar-refractivity contribution in [3.63, 3.8) is 0 Å². The molecule has 15 heavy (non-hydrogen) atoms. The number of benzene rings is 1. The third-order valence-electron chi connectivity index (χ3n) is 2.23. The van der Waals surface area contributed by atoms with Crippen molar-refractivity contribution in [2.45, 2.75) is 12.8 Å². The van der Waals surface area contributed by atoms with Crippen molar-refractivity contribution in [3.8, 4) is 5.75 Å². The van der Waals surface area contributed by atoms with Gasteiger partial charge in [-0.1, -0.05) is 6.92 Å². The van der Waals surface area contributed by atoms with E-state index >= 15 is 0 Å². The van der Waals surface area contributed by atoms with E-state index < -0.39 is 11.6 Å². The normalized spacial score (nSPS) is 12.7. The third kappa shape index (κ3) is 2.29. The second-order valence-electron chi connectivity index (χ2n) is 3.24. The Morgan fingerprint density at radius 2 is 2.13 bits per heavy atom. The molecule has 0 aliphatic heterocycles. The zero-order chi connectivity index (χ0) is 11.6. The van der Waals surface area contributed by atoms with Gasteiger partial charge < -0.3 is 10.5 Å². The molecule has 5 heteroatoms. The van der Waals surface area contributed by atoms with E-state index in [1.54, 1.807) is 6.92 Å². The Morgan fingerprint density at radius 1 is 1.53 bits per heavy atom. The van der Waals surface area contributed by atoms with Gasteiger partial charge in [-0.2, -0.15) is 0 Å². The van der Waals surface area contributed by atoms with Crippen LogP contribution in [0.3, 0.4) is 0 Å². The van der Waals surface area contributed by atoms with Crippen LogP contribution in [0.5, 0.6) is 5.75 Å². The first kappa shape index (κ1) is 12.4. The lowest BCUT2D eigenvalue weighted by molar-refractivity contribution is 0.394. The standard InChI is InChI=1S/C10H12BrF2NO/c1-5(4-14)8-7(15-2)3-6(12)9(11)10(8)13/h3,5H,4,14H2,1-2H3. The molecular formula is C10H12BrF2NO. The molecule has 0 spiro atoms. The van der Waals surface area contributed by atoms with Crippen LogP contribution in [0.4, 0.5) is 8.78 Å². The van der Waals surface area contributed by atoms with Crippen LogP contribution in [-0.2, 0) is 0 Å². The van der Waals surface area contributed by atoms with E-state index in [2.05, 4.69) is 15.9 Å². The SMILES string of the molecule is COc1cc(F)c(Br)c(F)c1C(C)CN. The smallest absolute Gasteiger partial charge is 0.147 e. The maximum Gasteiger partial charge on any atom is 0.147 e. The number of methoxy groups -OCH3 is 1. The average Bonchev–Trinajstić information content (AvgIpc) is 2.24. The van der Waals surface area contributed by atoms with E-state index in [0.29, 0.717) is 5.56 Å². The minimum absolute atomic E-state index is 0.182. The first-order valence-electron chi connectivity index (χ1n) is 4.44. The van der Waals surface area contributed by atoms with E-state index in [1.807, 2.05) is 0 Å². The summed E-state index contributed by atoms with van der Waals surface area (Å²) in [6, 6.07) is 1.15. The highest BCUT2D eigenvalue weighted by Gasteiger charge is 2.21. The summed E-state index contributed by atoms with van der Waals surface area (Å²) in [5.74, 6) is -1.37. The molecule has 1 aromatic rings. The summed E-state index contributed by atoms with van der Waals surface area (Å²) in [6.07, 6.45) is 0. The average molecular weight is 280 g/mol. The summed E-state index contributed by atoms with van der Waals surface area (Å²) in [5.41, 5.74) is 5.75. The quantitative estimate of drug-likeness (QED) is 0.864. The first-order chi connectivity index (χ1) is 7.02. The highest BCUT2D eigenvalue weighted by Crippen LogP contribution is 2.34. The molecule has 0 bridgehead atoms. The second-order valence-corrected chi connectivity index (χ2v) is 4.03. The summed E-state index contributed by atoms with van der Waals surface area (Å²) in [5, 5.41) is 0. The van der Waals surface area contributed by atoms with Crippen molar-refractivity contribution in [2.75, 3.05) is 13.7 Å². The Labute approximate surface area is 95.5 Å². The van der Waals surface area contributed by atoms with Gasteiger partial charge >= 0.3 is 0 Å². The highest BCUT2D eigenvalue weighted by molar-refractivity contribution is 9.10. The van der Waals surface area contributed by atoms with Crippen molar-refractivity contribution < 1.29 is 13.5 Å². The number of hydrogen-bond donors (Lipinski definition) is 1. The molecule has 1 unspecified atom stereocenters. The van der Waals surface area contributed by atoms with Crippen LogP contribution in [0.25, 0.3) is 0 Å². The molecule has 0 aliphatic rings. The Bertz CT molecular complexity index is 371. The fourth-order valence-corrected chi connectivity index (χ4v) is 1.66. The highest BCUT2D eigenvalue weighted by atomic mass is 79.9. The molecule has 2 N–H and O–H groups in total. The van der Waals surface area contributed by atoms with Crippen molar-refractivity contribution in [2.24, 2.45) is 5.73 Å². The van der Waals surface area contributed by atoms with Gasteiger partial charge in [0.15, 0.2) is 0 Å². The van der Waals surface area contributed by atoms with Crippen LogP contribution < -0.4 is 10.5 Å². The predicted molar refractivity (Wildman–Crippen MR) is 58.1 cm³/mol. The molecule has 84 valence electrons. The zero-order valence-corrected chi connectivity index (χ0v) is 10.1. The molecule has 0 saturated carbocycles. The summed E-state index contributed by atoms with van der Waals surface area (Å²) in [4.78, 5) is 0. The topological polar surface area (TPSA) is 35.2 Å². The zero-order valence-electron chi connectivity index (χ0n) is 8.48. The van der Waals surface area contributed by atoms with Crippen molar-refractivity contribution >= 4 is 15.9 Å². The number of halogens is 3. The van der Waals surface area contributed by atoms with Gasteiger partial charge in [-0.05, 0) is 28.4 Å². The first-order valence-corrected chi connectivity index (χ1v) is 5.23. The van der Waals surface area contributed by atoms with Crippen LogP contribution in [-0.4, -0.2) is 13.7 Å². The lowest BCUT2D eigenvalue weighted by Gasteiger charge is -2.16. The Hall–Kier alpha value is -0.680. The molecule has 0 amide bonds. The molecular weight excluding hydrogens is 268 g/mol. The molecule has 1 atom stereocenters. The van der Waals surface area contributed by atoms with E-state index in [-0.39, 0.29) is 22.7 Å². The van der Waals surface area contributed by atoms with Gasteiger partial charge in [0.25, 0.3) is 0 Å². The molecule has 0 saturated heterocycles. The Balaban J connectivity index is 3.40. The maximum atomic E-state index is 13.7. The summed E-state index contributed by atoms with van der Waals surface area (Å²) < 4.78 is 31.6. The third-order valence-corrected chi connectivity index (χ3v) is 2.96. The number of hydrogen-bond acceptors (Lipinski definition) is 2. The summed E-state index contributed by atoms with van der Waals surface area (Å²) in [7, 11) is 1.37. The second kappa shape index (κ2) is 4.90. The molecule has 0 aliphatic carbocycles. The molecule has 0 radical (unpaired) electrons. The lowest BCUT2D eigenvalue weighted by Crippen LogP contribution is -2.12. The molecule has 0 fully saturated rings. The van der Waals surface area contributed by atoms with Crippen LogP contribution in [0.1, 0.15) is 18.4 Å². The maximum absolute atomic E-state index is 13.7. The van der Waals surface area contributed by atoms with Crippen LogP contribution in [0.15, 0.2) is 10.5 Å². The largest absolute Gasteiger partial charge is 0.496 e. The minimum Gasteiger partial charge on any atom is -0.496 e. The van der Waals surface area contributed by atoms with Gasteiger partial charge in [-0.25, -0.2) is 8.78 Å². The van der Waals surface area contributed by atoms with E-state index in [0.717, 1.165) is 6.07 Å². The predicted octanol–water partition coefficient (Wildman–Crippen LogP) is 2.80. The minimum atomic E-state index is -0.683. The van der Waals surface area contributed by atoms with Crippen molar-refractivity contribution in [1.29, 1.82) is 0 Å². The molecule has 2 nitrogen and oxygen atoms in total. The van der Waals surface area contributed by atoms with Crippen LogP contribution in [0.2, 0.25) is 0 Å². The van der Waals surface area contributed by atoms with Crippen LogP contribution in [0, 0.1) is 11.6 Å². The summed E-state index contributed by atoms with van der Waals surface area (Å²) in [6.45, 7) is 2.02. The van der Waals surface area contributed by atoms with E-state index in [9.17, 15) is 8.78 Å². The molecule has 1 rings (SSSR count). The van der Waals surface area contributed by atoms with E-state index in [4.69, 9.17) is 10.5 Å². The molecule has 1 aromatic carbocycles. The van der Waals surface area contributed by atoms with Gasteiger partial charge in [-0.3, -0.25) is 0 Å². The van der Waals surface area contributed by atoms with Gasteiger partial charge in [0, 0.05) is 11.6 Å². The lowest BCUT2D eigenvalue weighted by atomic mass is 9.99. The fourth-order valence-electron chi connectivity index (χ4n) is 1.33. The van der Waals surface area contributed by atoms with Gasteiger partial charge in [-0.15, -0.1) is 0 Å². The Morgan fingerprint density at radius 3 is 2.60 bits per heavy atom. The number of rotatable bonds is 3. The van der Waals surface area contributed by atoms with Gasteiger partial charge in [0.05, 0.1) is 11.6 Å². The van der Waals surface area contributed by atoms with Gasteiger partial charge in [0.1, 0.15) is 17.4 Å².